The lowest BCUT2D eigenvalue weighted by molar-refractivity contribution is -0.148. The highest BCUT2D eigenvalue weighted by Crippen LogP contribution is 2.25. The van der Waals surface area contributed by atoms with Crippen LogP contribution in [0.1, 0.15) is 18.1 Å². The Bertz CT molecular complexity index is 815. The molecule has 6 heteroatoms. The first kappa shape index (κ1) is 19.7. The van der Waals surface area contributed by atoms with Crippen molar-refractivity contribution in [3.63, 3.8) is 0 Å². The van der Waals surface area contributed by atoms with E-state index in [0.717, 1.165) is 15.6 Å². The maximum atomic E-state index is 12.3. The molecule has 0 aromatic heterocycles. The largest absolute Gasteiger partial charge is 0.495 e. The smallest absolute Gasteiger partial charge is 0.331 e. The molecule has 1 atom stereocenters. The molecule has 0 saturated carbocycles. The van der Waals surface area contributed by atoms with Gasteiger partial charge in [-0.2, -0.15) is 0 Å². The zero-order valence-corrected chi connectivity index (χ0v) is 16.4. The lowest BCUT2D eigenvalue weighted by Crippen LogP contribution is -2.29. The third-order valence-corrected chi connectivity index (χ3v) is 4.09. The molecule has 0 unspecified atom stereocenters. The van der Waals surface area contributed by atoms with Crippen LogP contribution in [0.25, 0.3) is 6.08 Å². The minimum absolute atomic E-state index is 0.431. The Morgan fingerprint density at radius 2 is 1.85 bits per heavy atom. The van der Waals surface area contributed by atoms with Gasteiger partial charge in [0.25, 0.3) is 5.91 Å². The summed E-state index contributed by atoms with van der Waals surface area (Å²) in [5.74, 6) is -0.483. The van der Waals surface area contributed by atoms with Crippen molar-refractivity contribution in [2.24, 2.45) is 0 Å². The molecular formula is C20H20BrNO4. The molecule has 0 aliphatic carbocycles. The highest BCUT2D eigenvalue weighted by Gasteiger charge is 2.18. The van der Waals surface area contributed by atoms with Gasteiger partial charge in [0.2, 0.25) is 0 Å². The summed E-state index contributed by atoms with van der Waals surface area (Å²) in [4.78, 5) is 24.2. The first-order valence-corrected chi connectivity index (χ1v) is 8.78. The van der Waals surface area contributed by atoms with Gasteiger partial charge in [0.05, 0.1) is 12.8 Å². The van der Waals surface area contributed by atoms with E-state index in [1.807, 2.05) is 37.3 Å². The molecular weight excluding hydrogens is 398 g/mol. The summed E-state index contributed by atoms with van der Waals surface area (Å²) >= 11 is 3.35. The van der Waals surface area contributed by atoms with Crippen LogP contribution >= 0.6 is 15.9 Å². The molecule has 1 N–H and O–H groups in total. The number of nitrogens with one attached hydrogen (secondary N) is 1. The lowest BCUT2D eigenvalue weighted by Gasteiger charge is -2.15. The Labute approximate surface area is 161 Å². The molecule has 0 saturated heterocycles. The van der Waals surface area contributed by atoms with Crippen molar-refractivity contribution < 1.29 is 19.1 Å². The fourth-order valence-corrected chi connectivity index (χ4v) is 2.42. The number of halogens is 1. The molecule has 2 aromatic rings. The van der Waals surface area contributed by atoms with Gasteiger partial charge in [-0.15, -0.1) is 0 Å². The maximum absolute atomic E-state index is 12.3. The van der Waals surface area contributed by atoms with Crippen LogP contribution in [0.3, 0.4) is 0 Å². The van der Waals surface area contributed by atoms with Gasteiger partial charge in [-0.3, -0.25) is 4.79 Å². The van der Waals surface area contributed by atoms with Crippen molar-refractivity contribution in [3.05, 3.63) is 64.1 Å². The zero-order valence-electron chi connectivity index (χ0n) is 14.8. The van der Waals surface area contributed by atoms with Crippen LogP contribution in [0.4, 0.5) is 5.69 Å². The number of methoxy groups -OCH3 is 1. The molecule has 0 aliphatic rings. The van der Waals surface area contributed by atoms with E-state index in [9.17, 15) is 9.59 Å². The highest BCUT2D eigenvalue weighted by atomic mass is 79.9. The summed E-state index contributed by atoms with van der Waals surface area (Å²) in [6.45, 7) is 3.43. The molecule has 2 rings (SSSR count). The van der Waals surface area contributed by atoms with Gasteiger partial charge < -0.3 is 14.8 Å². The minimum Gasteiger partial charge on any atom is -0.495 e. The van der Waals surface area contributed by atoms with E-state index in [1.165, 1.54) is 20.1 Å². The van der Waals surface area contributed by atoms with Crippen molar-refractivity contribution in [2.75, 3.05) is 12.4 Å². The Hall–Kier alpha value is -2.60. The Balaban J connectivity index is 1.95. The standard InChI is InChI=1S/C20H20BrNO4/c1-13-4-10-18(25-3)17(12-13)22-20(24)14(2)26-19(23)11-7-15-5-8-16(21)9-6-15/h4-12,14H,1-3H3,(H,22,24)/b11-7+/t14-/m1/s1. The number of carbonyl (C=O) groups is 2. The summed E-state index contributed by atoms with van der Waals surface area (Å²) < 4.78 is 11.3. The summed E-state index contributed by atoms with van der Waals surface area (Å²) in [5.41, 5.74) is 2.36. The summed E-state index contributed by atoms with van der Waals surface area (Å²) in [6.07, 6.45) is 1.98. The van der Waals surface area contributed by atoms with Crippen LogP contribution in [0.2, 0.25) is 0 Å². The van der Waals surface area contributed by atoms with E-state index in [0.29, 0.717) is 11.4 Å². The highest BCUT2D eigenvalue weighted by molar-refractivity contribution is 9.10. The van der Waals surface area contributed by atoms with E-state index in [2.05, 4.69) is 21.2 Å². The van der Waals surface area contributed by atoms with Gasteiger partial charge in [-0.25, -0.2) is 4.79 Å². The summed E-state index contributed by atoms with van der Waals surface area (Å²) in [7, 11) is 1.52. The third-order valence-electron chi connectivity index (χ3n) is 3.56. The van der Waals surface area contributed by atoms with Crippen molar-refractivity contribution in [3.8, 4) is 5.75 Å². The van der Waals surface area contributed by atoms with Gasteiger partial charge in [0.15, 0.2) is 6.10 Å². The molecule has 136 valence electrons. The van der Waals surface area contributed by atoms with Crippen LogP contribution in [0.15, 0.2) is 53.0 Å². The SMILES string of the molecule is COc1ccc(C)cc1NC(=O)[C@@H](C)OC(=O)/C=C/c1ccc(Br)cc1. The number of amides is 1. The molecule has 0 fully saturated rings. The van der Waals surface area contributed by atoms with E-state index in [1.54, 1.807) is 18.2 Å². The number of ether oxygens (including phenoxy) is 2. The Morgan fingerprint density at radius 1 is 1.15 bits per heavy atom. The van der Waals surface area contributed by atoms with Crippen molar-refractivity contribution in [1.29, 1.82) is 0 Å². The first-order valence-electron chi connectivity index (χ1n) is 7.99. The second kappa shape index (κ2) is 9.20. The van der Waals surface area contributed by atoms with Crippen LogP contribution in [0.5, 0.6) is 5.75 Å². The van der Waals surface area contributed by atoms with Crippen molar-refractivity contribution in [2.45, 2.75) is 20.0 Å². The van der Waals surface area contributed by atoms with E-state index in [4.69, 9.17) is 9.47 Å². The molecule has 26 heavy (non-hydrogen) atoms. The monoisotopic (exact) mass is 417 g/mol. The third kappa shape index (κ3) is 5.74. The second-order valence-corrected chi connectivity index (χ2v) is 6.57. The zero-order chi connectivity index (χ0) is 19.1. The minimum atomic E-state index is -0.942. The molecule has 0 bridgehead atoms. The molecule has 5 nitrogen and oxygen atoms in total. The average molecular weight is 418 g/mol. The predicted molar refractivity (Wildman–Crippen MR) is 105 cm³/mol. The number of rotatable bonds is 6. The summed E-state index contributed by atoms with van der Waals surface area (Å²) in [5, 5.41) is 2.72. The first-order chi connectivity index (χ1) is 12.4. The maximum Gasteiger partial charge on any atom is 0.331 e. The van der Waals surface area contributed by atoms with Crippen LogP contribution in [-0.2, 0) is 14.3 Å². The number of carbonyl (C=O) groups excluding carboxylic acids is 2. The number of hydrogen-bond donors (Lipinski definition) is 1. The fourth-order valence-electron chi connectivity index (χ4n) is 2.16. The number of benzene rings is 2. The quantitative estimate of drug-likeness (QED) is 0.560. The van der Waals surface area contributed by atoms with Crippen LogP contribution < -0.4 is 10.1 Å². The topological polar surface area (TPSA) is 64.6 Å². The van der Waals surface area contributed by atoms with Gasteiger partial charge in [0, 0.05) is 10.5 Å². The van der Waals surface area contributed by atoms with Crippen molar-refractivity contribution in [1.82, 2.24) is 0 Å². The number of anilines is 1. The normalized spacial score (nSPS) is 11.8. The summed E-state index contributed by atoms with van der Waals surface area (Å²) in [6, 6.07) is 12.9. The van der Waals surface area contributed by atoms with E-state index in [-0.39, 0.29) is 0 Å². The Kier molecular flexibility index (Phi) is 6.97. The van der Waals surface area contributed by atoms with Gasteiger partial charge in [-0.1, -0.05) is 34.1 Å². The van der Waals surface area contributed by atoms with Crippen LogP contribution in [0, 0.1) is 6.92 Å². The molecule has 1 amide bonds. The molecule has 0 spiro atoms. The number of hydrogen-bond acceptors (Lipinski definition) is 4. The predicted octanol–water partition coefficient (Wildman–Crippen LogP) is 4.35. The molecule has 0 heterocycles. The van der Waals surface area contributed by atoms with Gasteiger partial charge >= 0.3 is 5.97 Å². The van der Waals surface area contributed by atoms with E-state index >= 15 is 0 Å². The molecule has 0 aliphatic heterocycles. The lowest BCUT2D eigenvalue weighted by atomic mass is 10.2. The fraction of sp³-hybridized carbons (Fsp3) is 0.200. The number of esters is 1. The molecule has 0 radical (unpaired) electrons. The van der Waals surface area contributed by atoms with Gasteiger partial charge in [0.1, 0.15) is 5.75 Å². The average Bonchev–Trinajstić information content (AvgIpc) is 2.61. The van der Waals surface area contributed by atoms with Gasteiger partial charge in [-0.05, 0) is 55.3 Å². The number of aryl methyl sites for hydroxylation is 1. The van der Waals surface area contributed by atoms with Crippen LogP contribution in [-0.4, -0.2) is 25.1 Å². The van der Waals surface area contributed by atoms with E-state index < -0.39 is 18.0 Å². The second-order valence-electron chi connectivity index (χ2n) is 5.66. The Morgan fingerprint density at radius 3 is 2.50 bits per heavy atom. The molecule has 2 aromatic carbocycles. The van der Waals surface area contributed by atoms with Crippen molar-refractivity contribution >= 4 is 39.6 Å².